The summed E-state index contributed by atoms with van der Waals surface area (Å²) in [5, 5.41) is 4.48. The van der Waals surface area contributed by atoms with Crippen LogP contribution in [-0.2, 0) is 11.0 Å². The number of ether oxygens (including phenoxy) is 1. The molecule has 1 heterocycles. The molecule has 0 saturated carbocycles. The molecule has 1 aromatic carbocycles. The van der Waals surface area contributed by atoms with Crippen molar-refractivity contribution < 1.29 is 9.16 Å². The molecule has 0 fully saturated rings. The first kappa shape index (κ1) is 15.8. The minimum atomic E-state index is -1.45. The van der Waals surface area contributed by atoms with E-state index in [0.29, 0.717) is 0 Å². The van der Waals surface area contributed by atoms with Crippen molar-refractivity contribution in [2.24, 2.45) is 0 Å². The molecular formula is C16H24N2O2Si. The van der Waals surface area contributed by atoms with Crippen LogP contribution in [0.2, 0.25) is 19.6 Å². The zero-order valence-electron chi connectivity index (χ0n) is 13.5. The highest BCUT2D eigenvalue weighted by molar-refractivity contribution is 6.69. The van der Waals surface area contributed by atoms with Crippen molar-refractivity contribution >= 4 is 8.32 Å². The van der Waals surface area contributed by atoms with Crippen LogP contribution in [-0.4, -0.2) is 31.8 Å². The molecule has 0 radical (unpaired) electrons. The van der Waals surface area contributed by atoms with E-state index >= 15 is 0 Å². The molecule has 0 spiro atoms. The monoisotopic (exact) mass is 304 g/mol. The van der Waals surface area contributed by atoms with E-state index in [1.807, 2.05) is 23.0 Å². The molecule has 0 saturated heterocycles. The Morgan fingerprint density at radius 2 is 1.81 bits per heavy atom. The standard InChI is InChI=1S/C16H24N2O2Si/c1-13-16(14-6-8-15(19-2)9-7-14)12-17-18(13)10-11-20-21(3,4)5/h6-9,12H,10-11H2,1-5H3. The number of aromatic nitrogens is 2. The molecule has 0 aliphatic rings. The fraction of sp³-hybridized carbons (Fsp3) is 0.438. The maximum absolute atomic E-state index is 5.90. The number of benzene rings is 1. The van der Waals surface area contributed by atoms with Crippen molar-refractivity contribution in [3.63, 3.8) is 0 Å². The maximum atomic E-state index is 5.90. The van der Waals surface area contributed by atoms with Gasteiger partial charge in [-0.3, -0.25) is 4.68 Å². The van der Waals surface area contributed by atoms with Gasteiger partial charge in [0.1, 0.15) is 5.75 Å². The summed E-state index contributed by atoms with van der Waals surface area (Å²) in [6.07, 6.45) is 1.92. The van der Waals surface area contributed by atoms with E-state index in [-0.39, 0.29) is 0 Å². The lowest BCUT2D eigenvalue weighted by Gasteiger charge is -2.17. The average molecular weight is 304 g/mol. The van der Waals surface area contributed by atoms with Gasteiger partial charge < -0.3 is 9.16 Å². The first-order chi connectivity index (χ1) is 9.90. The second-order valence-electron chi connectivity index (χ2n) is 6.06. The molecule has 2 rings (SSSR count). The van der Waals surface area contributed by atoms with Gasteiger partial charge in [-0.25, -0.2) is 0 Å². The van der Waals surface area contributed by atoms with Crippen molar-refractivity contribution in [2.45, 2.75) is 33.1 Å². The summed E-state index contributed by atoms with van der Waals surface area (Å²) in [7, 11) is 0.226. The summed E-state index contributed by atoms with van der Waals surface area (Å²) in [6, 6.07) is 8.07. The van der Waals surface area contributed by atoms with Crippen molar-refractivity contribution in [3.05, 3.63) is 36.2 Å². The molecule has 4 nitrogen and oxygen atoms in total. The Morgan fingerprint density at radius 3 is 2.38 bits per heavy atom. The van der Waals surface area contributed by atoms with Gasteiger partial charge in [0, 0.05) is 11.3 Å². The van der Waals surface area contributed by atoms with Crippen molar-refractivity contribution in [1.82, 2.24) is 9.78 Å². The summed E-state index contributed by atoms with van der Waals surface area (Å²) < 4.78 is 13.1. The molecule has 0 atom stereocenters. The summed E-state index contributed by atoms with van der Waals surface area (Å²) >= 11 is 0. The summed E-state index contributed by atoms with van der Waals surface area (Å²) in [4.78, 5) is 0. The van der Waals surface area contributed by atoms with Crippen LogP contribution in [0.25, 0.3) is 11.1 Å². The summed E-state index contributed by atoms with van der Waals surface area (Å²) in [5.41, 5.74) is 3.48. The number of hydrogen-bond donors (Lipinski definition) is 0. The van der Waals surface area contributed by atoms with E-state index in [0.717, 1.165) is 30.0 Å². The number of hydrogen-bond acceptors (Lipinski definition) is 3. The molecule has 114 valence electrons. The molecule has 2 aromatic rings. The van der Waals surface area contributed by atoms with Gasteiger partial charge in [0.15, 0.2) is 8.32 Å². The minimum Gasteiger partial charge on any atom is -0.497 e. The first-order valence-corrected chi connectivity index (χ1v) is 10.6. The normalized spacial score (nSPS) is 11.7. The van der Waals surface area contributed by atoms with Crippen molar-refractivity contribution in [3.8, 4) is 16.9 Å². The Kier molecular flexibility index (Phi) is 4.85. The fourth-order valence-electron chi connectivity index (χ4n) is 2.16. The van der Waals surface area contributed by atoms with Gasteiger partial charge in [0.05, 0.1) is 26.5 Å². The lowest BCUT2D eigenvalue weighted by molar-refractivity contribution is 0.284. The van der Waals surface area contributed by atoms with Crippen LogP contribution in [0.15, 0.2) is 30.5 Å². The van der Waals surface area contributed by atoms with E-state index in [4.69, 9.17) is 9.16 Å². The molecule has 5 heteroatoms. The van der Waals surface area contributed by atoms with Gasteiger partial charge in [-0.1, -0.05) is 12.1 Å². The third-order valence-electron chi connectivity index (χ3n) is 3.34. The van der Waals surface area contributed by atoms with Crippen LogP contribution < -0.4 is 4.74 Å². The third-order valence-corrected chi connectivity index (χ3v) is 4.41. The molecule has 0 N–H and O–H groups in total. The van der Waals surface area contributed by atoms with E-state index in [1.165, 1.54) is 5.69 Å². The van der Waals surface area contributed by atoms with Crippen LogP contribution in [0.3, 0.4) is 0 Å². The molecule has 0 aliphatic heterocycles. The Hall–Kier alpha value is -1.59. The molecule has 0 bridgehead atoms. The largest absolute Gasteiger partial charge is 0.497 e. The molecule has 0 unspecified atom stereocenters. The maximum Gasteiger partial charge on any atom is 0.183 e. The Labute approximate surface area is 127 Å². The fourth-order valence-corrected chi connectivity index (χ4v) is 2.87. The summed E-state index contributed by atoms with van der Waals surface area (Å²) in [6.45, 7) is 10.2. The lowest BCUT2D eigenvalue weighted by Crippen LogP contribution is -2.27. The zero-order valence-corrected chi connectivity index (χ0v) is 14.5. The second kappa shape index (κ2) is 6.45. The van der Waals surface area contributed by atoms with E-state index < -0.39 is 8.32 Å². The highest BCUT2D eigenvalue weighted by Crippen LogP contribution is 2.25. The van der Waals surface area contributed by atoms with Gasteiger partial charge in [0.25, 0.3) is 0 Å². The van der Waals surface area contributed by atoms with E-state index in [9.17, 15) is 0 Å². The minimum absolute atomic E-state index is 0.723. The average Bonchev–Trinajstić information content (AvgIpc) is 2.79. The number of nitrogens with zero attached hydrogens (tertiary/aromatic N) is 2. The molecular weight excluding hydrogens is 280 g/mol. The van der Waals surface area contributed by atoms with Gasteiger partial charge in [-0.2, -0.15) is 5.10 Å². The predicted octanol–water partition coefficient (Wildman–Crippen LogP) is 3.72. The van der Waals surface area contributed by atoms with Gasteiger partial charge >= 0.3 is 0 Å². The summed E-state index contributed by atoms with van der Waals surface area (Å²) in [5.74, 6) is 0.868. The molecule has 21 heavy (non-hydrogen) atoms. The van der Waals surface area contributed by atoms with Crippen LogP contribution in [0.5, 0.6) is 5.75 Å². The topological polar surface area (TPSA) is 36.3 Å². The predicted molar refractivity (Wildman–Crippen MR) is 88.3 cm³/mol. The smallest absolute Gasteiger partial charge is 0.183 e. The molecule has 1 aromatic heterocycles. The van der Waals surface area contributed by atoms with Gasteiger partial charge in [0.2, 0.25) is 0 Å². The second-order valence-corrected chi connectivity index (χ2v) is 10.6. The molecule has 0 amide bonds. The van der Waals surface area contributed by atoms with E-state index in [2.05, 4.69) is 43.8 Å². The van der Waals surface area contributed by atoms with Crippen LogP contribution >= 0.6 is 0 Å². The highest BCUT2D eigenvalue weighted by Gasteiger charge is 2.14. The van der Waals surface area contributed by atoms with E-state index in [1.54, 1.807) is 7.11 Å². The number of methoxy groups -OCH3 is 1. The zero-order chi connectivity index (χ0) is 15.5. The van der Waals surface area contributed by atoms with Crippen LogP contribution in [0.1, 0.15) is 5.69 Å². The van der Waals surface area contributed by atoms with Crippen molar-refractivity contribution in [2.75, 3.05) is 13.7 Å². The van der Waals surface area contributed by atoms with Crippen molar-refractivity contribution in [1.29, 1.82) is 0 Å². The molecule has 0 aliphatic carbocycles. The third kappa shape index (κ3) is 4.19. The Bertz CT molecular complexity index is 585. The van der Waals surface area contributed by atoms with Crippen LogP contribution in [0.4, 0.5) is 0 Å². The quantitative estimate of drug-likeness (QED) is 0.763. The first-order valence-electron chi connectivity index (χ1n) is 7.21. The lowest BCUT2D eigenvalue weighted by atomic mass is 10.1. The SMILES string of the molecule is COc1ccc(-c2cnn(CCO[Si](C)(C)C)c2C)cc1. The highest BCUT2D eigenvalue weighted by atomic mass is 28.4. The Balaban J connectivity index is 2.09. The number of rotatable bonds is 6. The van der Waals surface area contributed by atoms with Gasteiger partial charge in [-0.05, 0) is 44.3 Å². The van der Waals surface area contributed by atoms with Crippen LogP contribution in [0, 0.1) is 6.92 Å². The van der Waals surface area contributed by atoms with Gasteiger partial charge in [-0.15, -0.1) is 0 Å². The Morgan fingerprint density at radius 1 is 1.14 bits per heavy atom.